The van der Waals surface area contributed by atoms with Crippen molar-refractivity contribution in [1.82, 2.24) is 15.0 Å². The van der Waals surface area contributed by atoms with Crippen molar-refractivity contribution in [3.8, 4) is 0 Å². The van der Waals surface area contributed by atoms with E-state index in [4.69, 9.17) is 10.6 Å². The van der Waals surface area contributed by atoms with E-state index in [1.807, 2.05) is 24.7 Å². The molecule has 1 aromatic heterocycles. The molecule has 5 heteroatoms. The molecule has 0 aliphatic rings. The standard InChI is InChI=1S/C12H24N4O/c1-5-17-12(9(2)3)10(15-13)8-11-14-6-7-16(11)4/h6-7,9-10,12,15H,5,8,13H2,1-4H3. The van der Waals surface area contributed by atoms with Crippen molar-refractivity contribution in [3.63, 3.8) is 0 Å². The summed E-state index contributed by atoms with van der Waals surface area (Å²) in [4.78, 5) is 4.32. The summed E-state index contributed by atoms with van der Waals surface area (Å²) in [6, 6.07) is 0.0797. The number of hydrogen-bond acceptors (Lipinski definition) is 4. The lowest BCUT2D eigenvalue weighted by Crippen LogP contribution is -2.49. The van der Waals surface area contributed by atoms with Crippen LogP contribution in [0, 0.1) is 5.92 Å². The van der Waals surface area contributed by atoms with Gasteiger partial charge in [-0.25, -0.2) is 4.98 Å². The highest BCUT2D eigenvalue weighted by atomic mass is 16.5. The molecule has 0 radical (unpaired) electrons. The Morgan fingerprint density at radius 1 is 1.53 bits per heavy atom. The number of rotatable bonds is 7. The summed E-state index contributed by atoms with van der Waals surface area (Å²) in [5.74, 6) is 7.07. The Kier molecular flexibility index (Phi) is 5.61. The first kappa shape index (κ1) is 14.2. The van der Waals surface area contributed by atoms with Crippen LogP contribution in [0.3, 0.4) is 0 Å². The lowest BCUT2D eigenvalue weighted by molar-refractivity contribution is 0.00298. The number of aryl methyl sites for hydroxylation is 1. The quantitative estimate of drug-likeness (QED) is 0.548. The van der Waals surface area contributed by atoms with Crippen molar-refractivity contribution in [3.05, 3.63) is 18.2 Å². The van der Waals surface area contributed by atoms with Crippen LogP contribution in [0.15, 0.2) is 12.4 Å². The number of hydrogen-bond donors (Lipinski definition) is 2. The Hall–Kier alpha value is -0.910. The van der Waals surface area contributed by atoms with E-state index < -0.39 is 0 Å². The van der Waals surface area contributed by atoms with Crippen LogP contribution in [-0.4, -0.2) is 28.3 Å². The second kappa shape index (κ2) is 6.74. The zero-order valence-electron chi connectivity index (χ0n) is 11.2. The number of nitrogens with zero attached hydrogens (tertiary/aromatic N) is 2. The van der Waals surface area contributed by atoms with Gasteiger partial charge in [0.05, 0.1) is 12.1 Å². The summed E-state index contributed by atoms with van der Waals surface area (Å²) in [5.41, 5.74) is 2.86. The van der Waals surface area contributed by atoms with Gasteiger partial charge in [-0.15, -0.1) is 0 Å². The van der Waals surface area contributed by atoms with Crippen LogP contribution >= 0.6 is 0 Å². The molecule has 0 amide bonds. The van der Waals surface area contributed by atoms with E-state index in [0.717, 1.165) is 12.2 Å². The van der Waals surface area contributed by atoms with E-state index in [1.54, 1.807) is 6.20 Å². The average Bonchev–Trinajstić information content (AvgIpc) is 2.69. The van der Waals surface area contributed by atoms with E-state index >= 15 is 0 Å². The second-order valence-corrected chi connectivity index (χ2v) is 4.60. The SMILES string of the molecule is CCOC(C(C)C)C(Cc1nccn1C)NN. The predicted molar refractivity (Wildman–Crippen MR) is 68.3 cm³/mol. The van der Waals surface area contributed by atoms with Crippen LogP contribution in [0.1, 0.15) is 26.6 Å². The maximum atomic E-state index is 5.77. The van der Waals surface area contributed by atoms with Gasteiger partial charge in [-0.2, -0.15) is 0 Å². The molecular weight excluding hydrogens is 216 g/mol. The molecule has 5 nitrogen and oxygen atoms in total. The molecule has 0 saturated heterocycles. The van der Waals surface area contributed by atoms with Gasteiger partial charge in [-0.05, 0) is 12.8 Å². The molecule has 2 unspecified atom stereocenters. The summed E-state index contributed by atoms with van der Waals surface area (Å²) >= 11 is 0. The first-order chi connectivity index (χ1) is 8.10. The van der Waals surface area contributed by atoms with E-state index in [1.165, 1.54) is 0 Å². The highest BCUT2D eigenvalue weighted by Gasteiger charge is 2.25. The minimum Gasteiger partial charge on any atom is -0.377 e. The van der Waals surface area contributed by atoms with Gasteiger partial charge in [-0.3, -0.25) is 11.3 Å². The first-order valence-electron chi connectivity index (χ1n) is 6.14. The normalized spacial score (nSPS) is 15.2. The minimum atomic E-state index is 0.0797. The molecule has 0 aromatic carbocycles. The Bertz CT molecular complexity index is 324. The molecular formula is C12H24N4O. The topological polar surface area (TPSA) is 65.1 Å². The molecule has 0 aliphatic heterocycles. The minimum absolute atomic E-state index is 0.0797. The average molecular weight is 240 g/mol. The number of ether oxygens (including phenoxy) is 1. The van der Waals surface area contributed by atoms with Gasteiger partial charge in [0.25, 0.3) is 0 Å². The van der Waals surface area contributed by atoms with Gasteiger partial charge in [0.15, 0.2) is 0 Å². The highest BCUT2D eigenvalue weighted by molar-refractivity contribution is 4.96. The van der Waals surface area contributed by atoms with E-state index in [0.29, 0.717) is 12.5 Å². The smallest absolute Gasteiger partial charge is 0.110 e. The van der Waals surface area contributed by atoms with Crippen LogP contribution in [0.4, 0.5) is 0 Å². The summed E-state index contributed by atoms with van der Waals surface area (Å²) < 4.78 is 7.77. The maximum absolute atomic E-state index is 5.77. The number of nitrogens with two attached hydrogens (primary N) is 1. The third-order valence-electron chi connectivity index (χ3n) is 2.95. The van der Waals surface area contributed by atoms with Crippen molar-refractivity contribution in [2.24, 2.45) is 18.8 Å². The van der Waals surface area contributed by atoms with Gasteiger partial charge < -0.3 is 9.30 Å². The molecule has 0 spiro atoms. The molecule has 1 heterocycles. The summed E-state index contributed by atoms with van der Waals surface area (Å²) in [6.07, 6.45) is 4.60. The van der Waals surface area contributed by atoms with E-state index in [-0.39, 0.29) is 12.1 Å². The van der Waals surface area contributed by atoms with Crippen LogP contribution in [-0.2, 0) is 18.2 Å². The molecule has 0 saturated carbocycles. The number of imidazole rings is 1. The third-order valence-corrected chi connectivity index (χ3v) is 2.95. The lowest BCUT2D eigenvalue weighted by Gasteiger charge is -2.29. The fourth-order valence-corrected chi connectivity index (χ4v) is 2.03. The van der Waals surface area contributed by atoms with E-state index in [2.05, 4.69) is 24.3 Å². The van der Waals surface area contributed by atoms with Gasteiger partial charge >= 0.3 is 0 Å². The zero-order valence-corrected chi connectivity index (χ0v) is 11.2. The molecule has 98 valence electrons. The zero-order chi connectivity index (χ0) is 12.8. The van der Waals surface area contributed by atoms with Gasteiger partial charge in [-0.1, -0.05) is 13.8 Å². The Labute approximate surface area is 103 Å². The molecule has 0 bridgehead atoms. The van der Waals surface area contributed by atoms with Crippen molar-refractivity contribution in [2.75, 3.05) is 6.61 Å². The number of hydrazine groups is 1. The largest absolute Gasteiger partial charge is 0.377 e. The number of aromatic nitrogens is 2. The summed E-state index contributed by atoms with van der Waals surface area (Å²) in [6.45, 7) is 6.98. The van der Waals surface area contributed by atoms with E-state index in [9.17, 15) is 0 Å². The summed E-state index contributed by atoms with van der Waals surface area (Å²) in [5, 5.41) is 0. The molecule has 1 rings (SSSR count). The molecule has 0 fully saturated rings. The Morgan fingerprint density at radius 2 is 2.24 bits per heavy atom. The van der Waals surface area contributed by atoms with Crippen molar-refractivity contribution >= 4 is 0 Å². The number of nitrogens with one attached hydrogen (secondary N) is 1. The fraction of sp³-hybridized carbons (Fsp3) is 0.750. The second-order valence-electron chi connectivity index (χ2n) is 4.60. The molecule has 2 atom stereocenters. The van der Waals surface area contributed by atoms with Crippen LogP contribution in [0.2, 0.25) is 0 Å². The predicted octanol–water partition coefficient (Wildman–Crippen LogP) is 0.856. The van der Waals surface area contributed by atoms with Crippen LogP contribution in [0.5, 0.6) is 0 Å². The van der Waals surface area contributed by atoms with Gasteiger partial charge in [0.1, 0.15) is 5.82 Å². The van der Waals surface area contributed by atoms with Crippen molar-refractivity contribution < 1.29 is 4.74 Å². The van der Waals surface area contributed by atoms with Gasteiger partial charge in [0.2, 0.25) is 0 Å². The Morgan fingerprint density at radius 3 is 2.65 bits per heavy atom. The van der Waals surface area contributed by atoms with Crippen LogP contribution in [0.25, 0.3) is 0 Å². The fourth-order valence-electron chi connectivity index (χ4n) is 2.03. The molecule has 1 aromatic rings. The first-order valence-corrected chi connectivity index (χ1v) is 6.14. The van der Waals surface area contributed by atoms with Crippen LogP contribution < -0.4 is 11.3 Å². The maximum Gasteiger partial charge on any atom is 0.110 e. The van der Waals surface area contributed by atoms with Crippen molar-refractivity contribution in [1.29, 1.82) is 0 Å². The molecule has 3 N–H and O–H groups in total. The highest BCUT2D eigenvalue weighted by Crippen LogP contribution is 2.14. The monoisotopic (exact) mass is 240 g/mol. The summed E-state index contributed by atoms with van der Waals surface area (Å²) in [7, 11) is 1.99. The third kappa shape index (κ3) is 3.80. The van der Waals surface area contributed by atoms with Gasteiger partial charge in [0, 0.05) is 32.5 Å². The van der Waals surface area contributed by atoms with Crippen molar-refractivity contribution in [2.45, 2.75) is 39.3 Å². The lowest BCUT2D eigenvalue weighted by atomic mass is 9.97. The Balaban J connectivity index is 2.72. The molecule has 17 heavy (non-hydrogen) atoms. The molecule has 0 aliphatic carbocycles.